The van der Waals surface area contributed by atoms with Gasteiger partial charge in [-0.1, -0.05) is 18.2 Å². The van der Waals surface area contributed by atoms with Crippen molar-refractivity contribution in [1.82, 2.24) is 0 Å². The van der Waals surface area contributed by atoms with Crippen LogP contribution in [0.4, 0.5) is 11.4 Å². The van der Waals surface area contributed by atoms with Crippen molar-refractivity contribution in [2.75, 3.05) is 11.9 Å². The molecule has 1 N–H and O–H groups in total. The molecule has 0 aliphatic carbocycles. The van der Waals surface area contributed by atoms with Gasteiger partial charge >= 0.3 is 0 Å². The van der Waals surface area contributed by atoms with E-state index in [2.05, 4.69) is 5.32 Å². The van der Waals surface area contributed by atoms with Crippen LogP contribution in [0.25, 0.3) is 0 Å². The van der Waals surface area contributed by atoms with Crippen molar-refractivity contribution in [2.45, 2.75) is 20.4 Å². The molecule has 0 aliphatic heterocycles. The van der Waals surface area contributed by atoms with E-state index in [0.717, 1.165) is 22.6 Å². The van der Waals surface area contributed by atoms with Gasteiger partial charge in [0.2, 0.25) is 0 Å². The number of benzene rings is 2. The van der Waals surface area contributed by atoms with Gasteiger partial charge in [-0.2, -0.15) is 0 Å². The summed E-state index contributed by atoms with van der Waals surface area (Å²) in [5.41, 5.74) is 2.96. The molecule has 5 heteroatoms. The number of non-ortho nitro benzene ring substituents is 1. The summed E-state index contributed by atoms with van der Waals surface area (Å²) in [4.78, 5) is 10.4. The number of anilines is 1. The van der Waals surface area contributed by atoms with Crippen LogP contribution in [0.15, 0.2) is 42.5 Å². The van der Waals surface area contributed by atoms with Gasteiger partial charge in [0.1, 0.15) is 5.75 Å². The van der Waals surface area contributed by atoms with Crippen LogP contribution in [0.5, 0.6) is 5.75 Å². The third-order valence-electron chi connectivity index (χ3n) is 3.04. The Balaban J connectivity index is 2.12. The second kappa shape index (κ2) is 6.74. The number of nitrogens with one attached hydrogen (secondary N) is 1. The van der Waals surface area contributed by atoms with Crippen LogP contribution < -0.4 is 10.1 Å². The summed E-state index contributed by atoms with van der Waals surface area (Å²) in [5, 5.41) is 14.0. The first kappa shape index (κ1) is 14.8. The maximum absolute atomic E-state index is 10.8. The minimum Gasteiger partial charge on any atom is -0.492 e. The topological polar surface area (TPSA) is 64.4 Å². The Bertz CT molecular complexity index is 641. The molecular formula is C16H18N2O3. The van der Waals surface area contributed by atoms with E-state index in [0.29, 0.717) is 13.2 Å². The molecule has 0 fully saturated rings. The highest BCUT2D eigenvalue weighted by Gasteiger charge is 2.07. The molecule has 0 saturated heterocycles. The van der Waals surface area contributed by atoms with Gasteiger partial charge in [0.05, 0.1) is 17.2 Å². The van der Waals surface area contributed by atoms with E-state index in [1.54, 1.807) is 12.1 Å². The van der Waals surface area contributed by atoms with Crippen LogP contribution >= 0.6 is 0 Å². The van der Waals surface area contributed by atoms with E-state index >= 15 is 0 Å². The van der Waals surface area contributed by atoms with Crippen LogP contribution in [-0.2, 0) is 6.54 Å². The summed E-state index contributed by atoms with van der Waals surface area (Å²) in [6.07, 6.45) is 0. The van der Waals surface area contributed by atoms with Gasteiger partial charge in [0.25, 0.3) is 5.69 Å². The van der Waals surface area contributed by atoms with Crippen LogP contribution in [0.1, 0.15) is 18.1 Å². The minimum absolute atomic E-state index is 0.100. The van der Waals surface area contributed by atoms with Gasteiger partial charge in [-0.3, -0.25) is 10.1 Å². The molecule has 2 aromatic carbocycles. The van der Waals surface area contributed by atoms with E-state index in [1.807, 2.05) is 38.1 Å². The lowest BCUT2D eigenvalue weighted by molar-refractivity contribution is -0.384. The second-order valence-electron chi connectivity index (χ2n) is 4.71. The summed E-state index contributed by atoms with van der Waals surface area (Å²) < 4.78 is 5.60. The third-order valence-corrected chi connectivity index (χ3v) is 3.04. The number of rotatable bonds is 6. The number of nitrogens with zero attached hydrogens (tertiary/aromatic N) is 1. The fourth-order valence-corrected chi connectivity index (χ4v) is 2.03. The van der Waals surface area contributed by atoms with E-state index in [1.165, 1.54) is 6.07 Å². The van der Waals surface area contributed by atoms with Crippen molar-refractivity contribution in [2.24, 2.45) is 0 Å². The van der Waals surface area contributed by atoms with Crippen molar-refractivity contribution in [3.63, 3.8) is 0 Å². The zero-order chi connectivity index (χ0) is 15.2. The Morgan fingerprint density at radius 1 is 1.24 bits per heavy atom. The normalized spacial score (nSPS) is 10.2. The number of hydrogen-bond donors (Lipinski definition) is 1. The lowest BCUT2D eigenvalue weighted by atomic mass is 10.1. The molecule has 2 rings (SSSR count). The lowest BCUT2D eigenvalue weighted by Crippen LogP contribution is -2.03. The first-order valence-electron chi connectivity index (χ1n) is 6.81. The predicted octanol–water partition coefficient (Wildman–Crippen LogP) is 3.91. The summed E-state index contributed by atoms with van der Waals surface area (Å²) in [6.45, 7) is 5.04. The molecule has 0 radical (unpaired) electrons. The Morgan fingerprint density at radius 2 is 2.05 bits per heavy atom. The van der Waals surface area contributed by atoms with Gasteiger partial charge in [0, 0.05) is 18.7 Å². The smallest absolute Gasteiger partial charge is 0.269 e. The highest BCUT2D eigenvalue weighted by atomic mass is 16.6. The fourth-order valence-electron chi connectivity index (χ4n) is 2.03. The molecule has 0 unspecified atom stereocenters. The van der Waals surface area contributed by atoms with E-state index in [9.17, 15) is 10.1 Å². The molecule has 0 amide bonds. The largest absolute Gasteiger partial charge is 0.492 e. The molecule has 0 aromatic heterocycles. The van der Waals surface area contributed by atoms with Crippen molar-refractivity contribution in [3.8, 4) is 5.75 Å². The Labute approximate surface area is 123 Å². The van der Waals surface area contributed by atoms with Gasteiger partial charge in [-0.05, 0) is 37.1 Å². The molecule has 0 heterocycles. The molecule has 5 nitrogen and oxygen atoms in total. The van der Waals surface area contributed by atoms with Gasteiger partial charge in [0.15, 0.2) is 0 Å². The minimum atomic E-state index is -0.388. The van der Waals surface area contributed by atoms with E-state index < -0.39 is 0 Å². The Hall–Kier alpha value is -2.56. The summed E-state index contributed by atoms with van der Waals surface area (Å²) in [5.74, 6) is 0.794. The van der Waals surface area contributed by atoms with Crippen molar-refractivity contribution in [1.29, 1.82) is 0 Å². The van der Waals surface area contributed by atoms with Gasteiger partial charge in [-0.15, -0.1) is 0 Å². The monoisotopic (exact) mass is 286 g/mol. The first-order chi connectivity index (χ1) is 10.1. The van der Waals surface area contributed by atoms with E-state index in [4.69, 9.17) is 4.74 Å². The average molecular weight is 286 g/mol. The maximum Gasteiger partial charge on any atom is 0.269 e. The number of aryl methyl sites for hydroxylation is 1. The van der Waals surface area contributed by atoms with Gasteiger partial charge < -0.3 is 10.1 Å². The Kier molecular flexibility index (Phi) is 4.77. The molecular weight excluding hydrogens is 268 g/mol. The zero-order valence-corrected chi connectivity index (χ0v) is 12.1. The Morgan fingerprint density at radius 3 is 2.76 bits per heavy atom. The average Bonchev–Trinajstić information content (AvgIpc) is 2.47. The summed E-state index contributed by atoms with van der Waals surface area (Å²) >= 11 is 0. The third kappa shape index (κ3) is 3.95. The summed E-state index contributed by atoms with van der Waals surface area (Å²) in [6, 6.07) is 12.5. The van der Waals surface area contributed by atoms with Crippen LogP contribution in [0.3, 0.4) is 0 Å². The van der Waals surface area contributed by atoms with Crippen LogP contribution in [0.2, 0.25) is 0 Å². The maximum atomic E-state index is 10.8. The van der Waals surface area contributed by atoms with Crippen molar-refractivity contribution in [3.05, 3.63) is 63.7 Å². The number of nitro benzene ring substituents is 1. The molecule has 0 aliphatic rings. The highest BCUT2D eigenvalue weighted by Crippen LogP contribution is 2.26. The molecule has 2 aromatic rings. The molecule has 0 spiro atoms. The standard InChI is InChI=1S/C16H18N2O3/c1-3-21-16-9-12(2)7-8-15(16)17-11-13-5-4-6-14(10-13)18(19)20/h4-10,17H,3,11H2,1-2H3. The zero-order valence-electron chi connectivity index (χ0n) is 12.1. The fraction of sp³-hybridized carbons (Fsp3) is 0.250. The van der Waals surface area contributed by atoms with Crippen LogP contribution in [-0.4, -0.2) is 11.5 Å². The summed E-state index contributed by atoms with van der Waals surface area (Å²) in [7, 11) is 0. The van der Waals surface area contributed by atoms with Gasteiger partial charge in [-0.25, -0.2) is 0 Å². The molecule has 21 heavy (non-hydrogen) atoms. The molecule has 110 valence electrons. The molecule has 0 atom stereocenters. The molecule has 0 saturated carbocycles. The van der Waals surface area contributed by atoms with Crippen molar-refractivity contribution < 1.29 is 9.66 Å². The lowest BCUT2D eigenvalue weighted by Gasteiger charge is -2.13. The molecule has 0 bridgehead atoms. The second-order valence-corrected chi connectivity index (χ2v) is 4.71. The van der Waals surface area contributed by atoms with E-state index in [-0.39, 0.29) is 10.6 Å². The van der Waals surface area contributed by atoms with Crippen LogP contribution in [0, 0.1) is 17.0 Å². The number of nitro groups is 1. The van der Waals surface area contributed by atoms with Crippen molar-refractivity contribution >= 4 is 11.4 Å². The number of ether oxygens (including phenoxy) is 1. The highest BCUT2D eigenvalue weighted by molar-refractivity contribution is 5.58. The quantitative estimate of drug-likeness (QED) is 0.646. The SMILES string of the molecule is CCOc1cc(C)ccc1NCc1cccc([N+](=O)[O-])c1. The first-order valence-corrected chi connectivity index (χ1v) is 6.81. The number of hydrogen-bond acceptors (Lipinski definition) is 4. The predicted molar refractivity (Wildman–Crippen MR) is 82.8 cm³/mol.